The minimum atomic E-state index is -0.0651. The molecule has 0 spiro atoms. The van der Waals surface area contributed by atoms with E-state index in [2.05, 4.69) is 0 Å². The zero-order valence-electron chi connectivity index (χ0n) is 8.81. The summed E-state index contributed by atoms with van der Waals surface area (Å²) < 4.78 is 9.95. The Hall–Kier alpha value is -1.33. The molecule has 1 rings (SSSR count). The lowest BCUT2D eigenvalue weighted by atomic mass is 10.3. The normalized spacial score (nSPS) is 10.3. The number of hydrogen-bond donors (Lipinski definition) is 1. The van der Waals surface area contributed by atoms with Gasteiger partial charge in [-0.05, 0) is 6.07 Å². The van der Waals surface area contributed by atoms with Gasteiger partial charge in [-0.3, -0.25) is 4.79 Å². The smallest absolute Gasteiger partial charge is 0.248 e. The average Bonchev–Trinajstić information content (AvgIpc) is 2.70. The number of furan rings is 1. The molecule has 0 bridgehead atoms. The van der Waals surface area contributed by atoms with Gasteiger partial charge >= 0.3 is 0 Å². The number of ether oxygens (including phenoxy) is 1. The van der Waals surface area contributed by atoms with Gasteiger partial charge < -0.3 is 19.8 Å². The van der Waals surface area contributed by atoms with Gasteiger partial charge in [0, 0.05) is 25.7 Å². The van der Waals surface area contributed by atoms with E-state index in [9.17, 15) is 4.79 Å². The lowest BCUT2D eigenvalue weighted by molar-refractivity contribution is -0.135. The van der Waals surface area contributed by atoms with E-state index in [0.717, 1.165) is 5.56 Å². The van der Waals surface area contributed by atoms with Crippen LogP contribution in [-0.2, 0) is 16.1 Å². The summed E-state index contributed by atoms with van der Waals surface area (Å²) in [5.74, 6) is -0.0651. The molecule has 0 aromatic carbocycles. The number of nitrogens with zero attached hydrogens (tertiary/aromatic N) is 1. The Balaban J connectivity index is 2.27. The van der Waals surface area contributed by atoms with Gasteiger partial charge in [-0.25, -0.2) is 0 Å². The van der Waals surface area contributed by atoms with Crippen molar-refractivity contribution < 1.29 is 13.9 Å². The quantitative estimate of drug-likeness (QED) is 0.684. The molecule has 0 unspecified atom stereocenters. The zero-order chi connectivity index (χ0) is 11.1. The summed E-state index contributed by atoms with van der Waals surface area (Å²) in [4.78, 5) is 13.1. The van der Waals surface area contributed by atoms with Gasteiger partial charge in [0.05, 0.1) is 19.1 Å². The number of carbonyl (C=O) groups excluding carboxylic acids is 1. The fourth-order valence-corrected chi connectivity index (χ4v) is 1.10. The molecular formula is C10H16N2O3. The third-order valence-corrected chi connectivity index (χ3v) is 1.91. The van der Waals surface area contributed by atoms with Crippen molar-refractivity contribution in [1.82, 2.24) is 4.90 Å². The molecule has 0 saturated carbocycles. The predicted octanol–water partition coefficient (Wildman–Crippen LogP) is 0.213. The van der Waals surface area contributed by atoms with Gasteiger partial charge in [-0.1, -0.05) is 0 Å². The molecule has 1 amide bonds. The molecule has 0 atom stereocenters. The molecule has 84 valence electrons. The molecule has 0 aliphatic heterocycles. The number of nitrogens with two attached hydrogens (primary N) is 1. The molecule has 0 aliphatic rings. The number of carbonyl (C=O) groups is 1. The zero-order valence-corrected chi connectivity index (χ0v) is 8.81. The molecule has 0 radical (unpaired) electrons. The summed E-state index contributed by atoms with van der Waals surface area (Å²) in [5, 5.41) is 0. The standard InChI is InChI=1S/C10H16N2O3/c1-12(6-9-2-4-14-7-9)10(13)8-15-5-3-11/h2,4,7H,3,5-6,8,11H2,1H3. The maximum atomic E-state index is 11.5. The van der Waals surface area contributed by atoms with E-state index in [1.165, 1.54) is 0 Å². The highest BCUT2D eigenvalue weighted by Gasteiger charge is 2.09. The van der Waals surface area contributed by atoms with Crippen molar-refractivity contribution in [2.45, 2.75) is 6.54 Å². The van der Waals surface area contributed by atoms with Crippen LogP contribution in [0.4, 0.5) is 0 Å². The Kier molecular flexibility index (Phi) is 4.86. The fraction of sp³-hybridized carbons (Fsp3) is 0.500. The van der Waals surface area contributed by atoms with E-state index in [1.54, 1.807) is 24.5 Å². The van der Waals surface area contributed by atoms with Gasteiger partial charge in [0.25, 0.3) is 0 Å². The van der Waals surface area contributed by atoms with Crippen molar-refractivity contribution in [2.24, 2.45) is 5.73 Å². The summed E-state index contributed by atoms with van der Waals surface area (Å²) in [5.41, 5.74) is 6.20. The molecule has 5 nitrogen and oxygen atoms in total. The largest absolute Gasteiger partial charge is 0.472 e. The molecule has 5 heteroatoms. The Morgan fingerprint density at radius 2 is 2.47 bits per heavy atom. The van der Waals surface area contributed by atoms with E-state index in [-0.39, 0.29) is 12.5 Å². The van der Waals surface area contributed by atoms with Crippen LogP contribution in [0.3, 0.4) is 0 Å². The summed E-state index contributed by atoms with van der Waals surface area (Å²) >= 11 is 0. The van der Waals surface area contributed by atoms with Crippen molar-refractivity contribution in [3.05, 3.63) is 24.2 Å². The Morgan fingerprint density at radius 1 is 1.67 bits per heavy atom. The second kappa shape index (κ2) is 6.21. The second-order valence-electron chi connectivity index (χ2n) is 3.22. The lowest BCUT2D eigenvalue weighted by Gasteiger charge is -2.15. The van der Waals surface area contributed by atoms with Crippen LogP contribution >= 0.6 is 0 Å². The lowest BCUT2D eigenvalue weighted by Crippen LogP contribution is -2.30. The first kappa shape index (κ1) is 11.7. The SMILES string of the molecule is CN(Cc1ccoc1)C(=O)COCCN. The van der Waals surface area contributed by atoms with Crippen LogP contribution < -0.4 is 5.73 Å². The van der Waals surface area contributed by atoms with Gasteiger partial charge in [-0.15, -0.1) is 0 Å². The van der Waals surface area contributed by atoms with Crippen molar-refractivity contribution in [3.8, 4) is 0 Å². The fourth-order valence-electron chi connectivity index (χ4n) is 1.10. The Labute approximate surface area is 88.8 Å². The topological polar surface area (TPSA) is 68.7 Å². The van der Waals surface area contributed by atoms with Gasteiger partial charge in [0.2, 0.25) is 5.91 Å². The number of rotatable bonds is 6. The van der Waals surface area contributed by atoms with Crippen molar-refractivity contribution in [3.63, 3.8) is 0 Å². The van der Waals surface area contributed by atoms with Crippen molar-refractivity contribution in [1.29, 1.82) is 0 Å². The van der Waals surface area contributed by atoms with Crippen molar-refractivity contribution >= 4 is 5.91 Å². The minimum absolute atomic E-state index is 0.0651. The predicted molar refractivity (Wildman–Crippen MR) is 55.1 cm³/mol. The van der Waals surface area contributed by atoms with Crippen LogP contribution in [0, 0.1) is 0 Å². The average molecular weight is 212 g/mol. The first-order valence-corrected chi connectivity index (χ1v) is 4.77. The van der Waals surface area contributed by atoms with Gasteiger partial charge in [0.15, 0.2) is 0 Å². The summed E-state index contributed by atoms with van der Waals surface area (Å²) in [7, 11) is 1.72. The van der Waals surface area contributed by atoms with E-state index in [0.29, 0.717) is 19.7 Å². The summed E-state index contributed by atoms with van der Waals surface area (Å²) in [6.45, 7) is 1.44. The molecule has 1 aromatic rings. The monoisotopic (exact) mass is 212 g/mol. The molecule has 1 heterocycles. The molecule has 15 heavy (non-hydrogen) atoms. The minimum Gasteiger partial charge on any atom is -0.472 e. The summed E-state index contributed by atoms with van der Waals surface area (Å²) in [6.07, 6.45) is 3.20. The van der Waals surface area contributed by atoms with E-state index in [1.807, 2.05) is 6.07 Å². The molecule has 0 fully saturated rings. The highest BCUT2D eigenvalue weighted by Crippen LogP contribution is 2.03. The third kappa shape index (κ3) is 4.14. The maximum absolute atomic E-state index is 11.5. The molecular weight excluding hydrogens is 196 g/mol. The molecule has 2 N–H and O–H groups in total. The molecule has 1 aromatic heterocycles. The van der Waals surface area contributed by atoms with E-state index in [4.69, 9.17) is 14.9 Å². The molecule has 0 saturated heterocycles. The Bertz CT molecular complexity index is 285. The Morgan fingerprint density at radius 3 is 3.07 bits per heavy atom. The molecule has 0 aliphatic carbocycles. The number of hydrogen-bond acceptors (Lipinski definition) is 4. The van der Waals surface area contributed by atoms with Crippen LogP contribution in [0.5, 0.6) is 0 Å². The van der Waals surface area contributed by atoms with Crippen LogP contribution in [0.15, 0.2) is 23.0 Å². The highest BCUT2D eigenvalue weighted by atomic mass is 16.5. The van der Waals surface area contributed by atoms with Crippen LogP contribution in [-0.4, -0.2) is 37.6 Å². The second-order valence-corrected chi connectivity index (χ2v) is 3.22. The summed E-state index contributed by atoms with van der Waals surface area (Å²) in [6, 6.07) is 1.82. The van der Waals surface area contributed by atoms with Gasteiger partial charge in [-0.2, -0.15) is 0 Å². The van der Waals surface area contributed by atoms with Crippen LogP contribution in [0.1, 0.15) is 5.56 Å². The van der Waals surface area contributed by atoms with Gasteiger partial charge in [0.1, 0.15) is 6.61 Å². The first-order valence-electron chi connectivity index (χ1n) is 4.77. The number of amides is 1. The van der Waals surface area contributed by atoms with E-state index >= 15 is 0 Å². The van der Waals surface area contributed by atoms with E-state index < -0.39 is 0 Å². The van der Waals surface area contributed by atoms with Crippen LogP contribution in [0.2, 0.25) is 0 Å². The number of likely N-dealkylation sites (N-methyl/N-ethyl adjacent to an activating group) is 1. The first-order chi connectivity index (χ1) is 7.24. The van der Waals surface area contributed by atoms with Crippen LogP contribution in [0.25, 0.3) is 0 Å². The van der Waals surface area contributed by atoms with Crippen molar-refractivity contribution in [2.75, 3.05) is 26.8 Å². The maximum Gasteiger partial charge on any atom is 0.248 e. The highest BCUT2D eigenvalue weighted by molar-refractivity contribution is 5.77. The third-order valence-electron chi connectivity index (χ3n) is 1.91.